The molecule has 0 spiro atoms. The molecule has 0 N–H and O–H groups in total. The van der Waals surface area contributed by atoms with Crippen LogP contribution in [-0.4, -0.2) is 36.0 Å². The van der Waals surface area contributed by atoms with Crippen LogP contribution in [0.25, 0.3) is 0 Å². The molecule has 0 aromatic heterocycles. The van der Waals surface area contributed by atoms with Gasteiger partial charge in [-0.05, 0) is 35.4 Å². The minimum absolute atomic E-state index is 0.875. The highest BCUT2D eigenvalue weighted by Gasteiger charge is 2.17. The van der Waals surface area contributed by atoms with Crippen LogP contribution in [0.1, 0.15) is 11.1 Å². The van der Waals surface area contributed by atoms with Crippen LogP contribution in [0, 0.1) is 0 Å². The predicted molar refractivity (Wildman–Crippen MR) is 110 cm³/mol. The van der Waals surface area contributed by atoms with Gasteiger partial charge in [0.2, 0.25) is 0 Å². The third-order valence-electron chi connectivity index (χ3n) is 5.02. The summed E-state index contributed by atoms with van der Waals surface area (Å²) in [6.07, 6.45) is 0. The van der Waals surface area contributed by atoms with Gasteiger partial charge in [-0.1, -0.05) is 60.7 Å². The molecule has 3 nitrogen and oxygen atoms in total. The second kappa shape index (κ2) is 8.85. The van der Waals surface area contributed by atoms with Gasteiger partial charge in [0.1, 0.15) is 11.5 Å². The molecule has 1 aliphatic heterocycles. The van der Waals surface area contributed by atoms with Crippen LogP contribution in [0.5, 0.6) is 11.5 Å². The Labute approximate surface area is 161 Å². The Hall–Kier alpha value is -2.62. The fourth-order valence-electron chi connectivity index (χ4n) is 3.49. The fraction of sp³-hybridized carbons (Fsp3) is 0.250. The van der Waals surface area contributed by atoms with Crippen LogP contribution in [0.3, 0.4) is 0 Å². The molecule has 3 heteroatoms. The maximum atomic E-state index is 5.87. The molecule has 1 fully saturated rings. The van der Waals surface area contributed by atoms with Gasteiger partial charge in [-0.3, -0.25) is 9.80 Å². The summed E-state index contributed by atoms with van der Waals surface area (Å²) in [4.78, 5) is 5.08. The summed E-state index contributed by atoms with van der Waals surface area (Å²) in [5.41, 5.74) is 2.74. The summed E-state index contributed by atoms with van der Waals surface area (Å²) in [6.45, 7) is 6.56. The van der Waals surface area contributed by atoms with Crippen LogP contribution in [0.15, 0.2) is 84.9 Å². The second-order valence-electron chi connectivity index (χ2n) is 7.10. The van der Waals surface area contributed by atoms with Crippen LogP contribution in [-0.2, 0) is 13.1 Å². The molecule has 3 aromatic carbocycles. The van der Waals surface area contributed by atoms with E-state index in [1.165, 1.54) is 11.1 Å². The molecular weight excluding hydrogens is 332 g/mol. The van der Waals surface area contributed by atoms with Crippen LogP contribution in [0.2, 0.25) is 0 Å². The normalized spacial score (nSPS) is 15.6. The third-order valence-corrected chi connectivity index (χ3v) is 5.02. The van der Waals surface area contributed by atoms with Crippen molar-refractivity contribution in [2.24, 2.45) is 0 Å². The van der Waals surface area contributed by atoms with Crippen LogP contribution in [0.4, 0.5) is 0 Å². The lowest BCUT2D eigenvalue weighted by atomic mass is 10.1. The first kappa shape index (κ1) is 17.8. The van der Waals surface area contributed by atoms with Gasteiger partial charge < -0.3 is 4.74 Å². The number of rotatable bonds is 6. The molecule has 0 radical (unpaired) electrons. The van der Waals surface area contributed by atoms with Gasteiger partial charge in [0.05, 0.1) is 0 Å². The van der Waals surface area contributed by atoms with Gasteiger partial charge in [0.25, 0.3) is 0 Å². The number of piperazine rings is 1. The Morgan fingerprint density at radius 1 is 0.519 bits per heavy atom. The SMILES string of the molecule is c1ccc(CN2CCN(Cc3ccc(Oc4ccccc4)cc3)CC2)cc1. The van der Waals surface area contributed by atoms with Crippen molar-refractivity contribution < 1.29 is 4.74 Å². The zero-order valence-corrected chi connectivity index (χ0v) is 15.6. The lowest BCUT2D eigenvalue weighted by molar-refractivity contribution is 0.122. The van der Waals surface area contributed by atoms with Crippen molar-refractivity contribution in [2.75, 3.05) is 26.2 Å². The molecule has 4 rings (SSSR count). The molecule has 1 saturated heterocycles. The minimum Gasteiger partial charge on any atom is -0.457 e. The van der Waals surface area contributed by atoms with E-state index >= 15 is 0 Å². The quantitative estimate of drug-likeness (QED) is 0.630. The lowest BCUT2D eigenvalue weighted by Crippen LogP contribution is -2.45. The van der Waals surface area contributed by atoms with Crippen molar-refractivity contribution in [3.8, 4) is 11.5 Å². The Morgan fingerprint density at radius 2 is 0.963 bits per heavy atom. The number of hydrogen-bond donors (Lipinski definition) is 0. The summed E-state index contributed by atoms with van der Waals surface area (Å²) < 4.78 is 5.87. The van der Waals surface area contributed by atoms with Gasteiger partial charge in [-0.15, -0.1) is 0 Å². The Bertz CT molecular complexity index is 810. The van der Waals surface area contributed by atoms with E-state index in [0.717, 1.165) is 50.8 Å². The van der Waals surface area contributed by atoms with E-state index in [-0.39, 0.29) is 0 Å². The van der Waals surface area contributed by atoms with Crippen molar-refractivity contribution in [3.63, 3.8) is 0 Å². The highest BCUT2D eigenvalue weighted by Crippen LogP contribution is 2.21. The minimum atomic E-state index is 0.875. The Kier molecular flexibility index (Phi) is 5.83. The number of benzene rings is 3. The molecule has 0 saturated carbocycles. The highest BCUT2D eigenvalue weighted by atomic mass is 16.5. The number of nitrogens with zero attached hydrogens (tertiary/aromatic N) is 2. The monoisotopic (exact) mass is 358 g/mol. The molecule has 0 bridgehead atoms. The van der Waals surface area contributed by atoms with Crippen molar-refractivity contribution in [1.82, 2.24) is 9.80 Å². The summed E-state index contributed by atoms with van der Waals surface area (Å²) in [7, 11) is 0. The largest absolute Gasteiger partial charge is 0.457 e. The topological polar surface area (TPSA) is 15.7 Å². The summed E-state index contributed by atoms with van der Waals surface area (Å²) in [6, 6.07) is 29.1. The van der Waals surface area contributed by atoms with Gasteiger partial charge in [-0.25, -0.2) is 0 Å². The van der Waals surface area contributed by atoms with Crippen molar-refractivity contribution in [1.29, 1.82) is 0 Å². The van der Waals surface area contributed by atoms with Crippen molar-refractivity contribution in [2.45, 2.75) is 13.1 Å². The smallest absolute Gasteiger partial charge is 0.127 e. The number of ether oxygens (including phenoxy) is 1. The van der Waals surface area contributed by atoms with Crippen LogP contribution < -0.4 is 4.74 Å². The van der Waals surface area contributed by atoms with Gasteiger partial charge in [0, 0.05) is 39.3 Å². The molecule has 3 aromatic rings. The zero-order chi connectivity index (χ0) is 18.3. The maximum Gasteiger partial charge on any atom is 0.127 e. The summed E-state index contributed by atoms with van der Waals surface area (Å²) in [5, 5.41) is 0. The van der Waals surface area contributed by atoms with E-state index in [1.807, 2.05) is 30.3 Å². The zero-order valence-electron chi connectivity index (χ0n) is 15.6. The number of hydrogen-bond acceptors (Lipinski definition) is 3. The van der Waals surface area contributed by atoms with Gasteiger partial charge in [-0.2, -0.15) is 0 Å². The molecule has 0 amide bonds. The standard InChI is InChI=1S/C24H26N2O/c1-3-7-21(8-4-1)19-25-15-17-26(18-16-25)20-22-11-13-24(14-12-22)27-23-9-5-2-6-10-23/h1-14H,15-20H2. The average Bonchev–Trinajstić information content (AvgIpc) is 2.73. The molecule has 1 aliphatic rings. The van der Waals surface area contributed by atoms with E-state index in [4.69, 9.17) is 4.74 Å². The summed E-state index contributed by atoms with van der Waals surface area (Å²) in [5.74, 6) is 1.76. The Balaban J connectivity index is 1.25. The average molecular weight is 358 g/mol. The first-order valence-electron chi connectivity index (χ1n) is 9.66. The fourth-order valence-corrected chi connectivity index (χ4v) is 3.49. The van der Waals surface area contributed by atoms with E-state index in [1.54, 1.807) is 0 Å². The van der Waals surface area contributed by atoms with Gasteiger partial charge >= 0.3 is 0 Å². The van der Waals surface area contributed by atoms with Crippen molar-refractivity contribution in [3.05, 3.63) is 96.1 Å². The van der Waals surface area contributed by atoms with Crippen LogP contribution >= 0.6 is 0 Å². The highest BCUT2D eigenvalue weighted by molar-refractivity contribution is 5.33. The first-order chi connectivity index (χ1) is 13.3. The van der Waals surface area contributed by atoms with Crippen molar-refractivity contribution >= 4 is 0 Å². The molecule has 138 valence electrons. The summed E-state index contributed by atoms with van der Waals surface area (Å²) >= 11 is 0. The molecule has 0 atom stereocenters. The first-order valence-corrected chi connectivity index (χ1v) is 9.66. The molecular formula is C24H26N2O. The molecule has 1 heterocycles. The van der Waals surface area contributed by atoms with E-state index < -0.39 is 0 Å². The molecule has 0 aliphatic carbocycles. The maximum absolute atomic E-state index is 5.87. The van der Waals surface area contributed by atoms with Gasteiger partial charge in [0.15, 0.2) is 0 Å². The van der Waals surface area contributed by atoms with E-state index in [0.29, 0.717) is 0 Å². The van der Waals surface area contributed by atoms with E-state index in [2.05, 4.69) is 64.4 Å². The third kappa shape index (κ3) is 5.19. The molecule has 0 unspecified atom stereocenters. The second-order valence-corrected chi connectivity index (χ2v) is 7.10. The molecule has 27 heavy (non-hydrogen) atoms. The lowest BCUT2D eigenvalue weighted by Gasteiger charge is -2.34. The number of para-hydroxylation sites is 1. The van der Waals surface area contributed by atoms with E-state index in [9.17, 15) is 0 Å². The predicted octanol–water partition coefficient (Wildman–Crippen LogP) is 4.80. The Morgan fingerprint density at radius 3 is 1.52 bits per heavy atom.